The molecule has 0 radical (unpaired) electrons. The molecule has 156 valence electrons. The van der Waals surface area contributed by atoms with E-state index in [1.807, 2.05) is 0 Å². The van der Waals surface area contributed by atoms with Crippen molar-refractivity contribution in [3.05, 3.63) is 70.4 Å². The van der Waals surface area contributed by atoms with E-state index in [9.17, 15) is 14.0 Å². The van der Waals surface area contributed by atoms with Crippen LogP contribution in [0.4, 0.5) is 13.6 Å². The standard InChI is InChI=1S/C22H20F2N2O4/c1-4-29-21-15-7-5-6-14(13(15)8-9-26-21)20(27)18-16(23)10-11(2)17(19(18)24)12(3)30-22(25)28/h5-10,12H,4H2,1-3H3,(H2,25,28). The minimum atomic E-state index is -1.11. The fourth-order valence-corrected chi connectivity index (χ4v) is 3.46. The number of primary amides is 1. The van der Waals surface area contributed by atoms with Crippen LogP contribution in [0.2, 0.25) is 0 Å². The van der Waals surface area contributed by atoms with E-state index in [4.69, 9.17) is 15.2 Å². The summed E-state index contributed by atoms with van der Waals surface area (Å²) in [4.78, 5) is 28.4. The summed E-state index contributed by atoms with van der Waals surface area (Å²) in [5, 5.41) is 0.993. The molecular formula is C22H20F2N2O4. The lowest BCUT2D eigenvalue weighted by Crippen LogP contribution is -2.19. The van der Waals surface area contributed by atoms with Crippen molar-refractivity contribution in [1.29, 1.82) is 0 Å². The first kappa shape index (κ1) is 21.2. The van der Waals surface area contributed by atoms with Crippen LogP contribution >= 0.6 is 0 Å². The number of aryl methyl sites for hydroxylation is 1. The second-order valence-corrected chi connectivity index (χ2v) is 6.64. The molecule has 8 heteroatoms. The highest BCUT2D eigenvalue weighted by atomic mass is 19.1. The molecule has 0 aliphatic rings. The van der Waals surface area contributed by atoms with Crippen molar-refractivity contribution in [1.82, 2.24) is 4.98 Å². The Morgan fingerprint density at radius 1 is 1.20 bits per heavy atom. The maximum atomic E-state index is 15.3. The van der Waals surface area contributed by atoms with Crippen LogP contribution in [0.3, 0.4) is 0 Å². The summed E-state index contributed by atoms with van der Waals surface area (Å²) in [7, 11) is 0. The monoisotopic (exact) mass is 414 g/mol. The molecule has 0 aliphatic heterocycles. The minimum Gasteiger partial charge on any atom is -0.478 e. The molecule has 0 fully saturated rings. The van der Waals surface area contributed by atoms with Crippen LogP contribution in [-0.4, -0.2) is 23.5 Å². The summed E-state index contributed by atoms with van der Waals surface area (Å²) in [5.41, 5.74) is 4.44. The molecule has 1 heterocycles. The third-order valence-electron chi connectivity index (χ3n) is 4.68. The molecule has 6 nitrogen and oxygen atoms in total. The SMILES string of the molecule is CCOc1nccc2c(C(=O)c3c(F)cc(C)c(C(C)OC(N)=O)c3F)cccc12. The molecule has 2 aromatic carbocycles. The lowest BCUT2D eigenvalue weighted by Gasteiger charge is -2.18. The molecule has 1 aromatic heterocycles. The van der Waals surface area contributed by atoms with Crippen molar-refractivity contribution in [2.75, 3.05) is 6.61 Å². The number of amides is 1. The lowest BCUT2D eigenvalue weighted by atomic mass is 9.93. The van der Waals surface area contributed by atoms with Gasteiger partial charge in [0.25, 0.3) is 0 Å². The number of pyridine rings is 1. The number of nitrogens with zero attached hydrogens (tertiary/aromatic N) is 1. The van der Waals surface area contributed by atoms with Crippen molar-refractivity contribution in [2.24, 2.45) is 5.73 Å². The number of benzene rings is 2. The van der Waals surface area contributed by atoms with Crippen molar-refractivity contribution in [3.63, 3.8) is 0 Å². The van der Waals surface area contributed by atoms with E-state index in [1.165, 1.54) is 26.1 Å². The number of aromatic nitrogens is 1. The van der Waals surface area contributed by atoms with E-state index in [1.54, 1.807) is 25.1 Å². The highest BCUT2D eigenvalue weighted by Crippen LogP contribution is 2.32. The molecular weight excluding hydrogens is 394 g/mol. The maximum absolute atomic E-state index is 15.3. The third kappa shape index (κ3) is 3.80. The van der Waals surface area contributed by atoms with Gasteiger partial charge in [-0.25, -0.2) is 18.6 Å². The lowest BCUT2D eigenvalue weighted by molar-refractivity contribution is 0.103. The Morgan fingerprint density at radius 3 is 2.60 bits per heavy atom. The van der Waals surface area contributed by atoms with Crippen LogP contribution in [0, 0.1) is 18.6 Å². The van der Waals surface area contributed by atoms with Crippen molar-refractivity contribution >= 4 is 22.6 Å². The molecule has 0 aliphatic carbocycles. The number of hydrogen-bond acceptors (Lipinski definition) is 5. The number of ketones is 1. The second kappa shape index (κ2) is 8.44. The topological polar surface area (TPSA) is 91.5 Å². The fraction of sp³-hybridized carbons (Fsp3) is 0.227. The summed E-state index contributed by atoms with van der Waals surface area (Å²) in [6, 6.07) is 7.38. The van der Waals surface area contributed by atoms with Gasteiger partial charge in [-0.1, -0.05) is 12.1 Å². The number of hydrogen-bond donors (Lipinski definition) is 1. The van der Waals surface area contributed by atoms with Gasteiger partial charge < -0.3 is 15.2 Å². The highest BCUT2D eigenvalue weighted by molar-refractivity contribution is 6.17. The highest BCUT2D eigenvalue weighted by Gasteiger charge is 2.28. The van der Waals surface area contributed by atoms with Gasteiger partial charge in [-0.2, -0.15) is 0 Å². The van der Waals surface area contributed by atoms with Gasteiger partial charge in [-0.3, -0.25) is 4.79 Å². The van der Waals surface area contributed by atoms with Crippen LogP contribution in [0.5, 0.6) is 5.88 Å². The molecule has 2 N–H and O–H groups in total. The second-order valence-electron chi connectivity index (χ2n) is 6.64. The smallest absolute Gasteiger partial charge is 0.405 e. The van der Waals surface area contributed by atoms with Gasteiger partial charge in [0.05, 0.1) is 12.2 Å². The minimum absolute atomic E-state index is 0.0897. The third-order valence-corrected chi connectivity index (χ3v) is 4.68. The number of carbonyl (C=O) groups excluding carboxylic acids is 2. The molecule has 1 atom stereocenters. The number of halogens is 2. The molecule has 0 spiro atoms. The molecule has 1 unspecified atom stereocenters. The molecule has 3 aromatic rings. The van der Waals surface area contributed by atoms with E-state index < -0.39 is 35.2 Å². The molecule has 3 rings (SSSR count). The predicted octanol–water partition coefficient (Wildman–Crippen LogP) is 4.61. The Balaban J connectivity index is 2.19. The fourth-order valence-electron chi connectivity index (χ4n) is 3.46. The number of fused-ring (bicyclic) bond motifs is 1. The van der Waals surface area contributed by atoms with Gasteiger partial charge >= 0.3 is 6.09 Å². The van der Waals surface area contributed by atoms with Gasteiger partial charge in [0.15, 0.2) is 5.78 Å². The summed E-state index contributed by atoms with van der Waals surface area (Å²) >= 11 is 0. The molecule has 0 saturated carbocycles. The van der Waals surface area contributed by atoms with E-state index in [0.717, 1.165) is 6.07 Å². The van der Waals surface area contributed by atoms with Crippen LogP contribution in [0.25, 0.3) is 10.8 Å². The van der Waals surface area contributed by atoms with E-state index in [0.29, 0.717) is 23.3 Å². The van der Waals surface area contributed by atoms with E-state index in [-0.39, 0.29) is 16.7 Å². The Bertz CT molecular complexity index is 1150. The predicted molar refractivity (Wildman–Crippen MR) is 107 cm³/mol. The van der Waals surface area contributed by atoms with Gasteiger partial charge in [-0.05, 0) is 49.9 Å². The average Bonchev–Trinajstić information content (AvgIpc) is 2.67. The van der Waals surface area contributed by atoms with Crippen molar-refractivity contribution < 1.29 is 27.8 Å². The number of ether oxygens (including phenoxy) is 2. The number of rotatable bonds is 6. The summed E-state index contributed by atoms with van der Waals surface area (Å²) < 4.78 is 40.3. The Morgan fingerprint density at radius 2 is 1.93 bits per heavy atom. The summed E-state index contributed by atoms with van der Waals surface area (Å²) in [6.07, 6.45) is -0.750. The Hall–Kier alpha value is -3.55. The van der Waals surface area contributed by atoms with Crippen LogP contribution in [-0.2, 0) is 4.74 Å². The Labute approximate surface area is 171 Å². The Kier molecular flexibility index (Phi) is 5.96. The van der Waals surface area contributed by atoms with Crippen LogP contribution < -0.4 is 10.5 Å². The largest absolute Gasteiger partial charge is 0.478 e. The van der Waals surface area contributed by atoms with Gasteiger partial charge in [-0.15, -0.1) is 0 Å². The van der Waals surface area contributed by atoms with Gasteiger partial charge in [0.1, 0.15) is 17.7 Å². The quantitative estimate of drug-likeness (QED) is 0.595. The normalized spacial score (nSPS) is 11.9. The van der Waals surface area contributed by atoms with Crippen LogP contribution in [0.1, 0.15) is 47.0 Å². The molecule has 1 amide bonds. The van der Waals surface area contributed by atoms with Crippen molar-refractivity contribution in [3.8, 4) is 5.88 Å². The first-order valence-electron chi connectivity index (χ1n) is 9.26. The van der Waals surface area contributed by atoms with Crippen LogP contribution in [0.15, 0.2) is 36.5 Å². The zero-order valence-electron chi connectivity index (χ0n) is 16.7. The summed E-state index contributed by atoms with van der Waals surface area (Å²) in [6.45, 7) is 5.00. The number of carbonyl (C=O) groups is 2. The first-order valence-corrected chi connectivity index (χ1v) is 9.26. The van der Waals surface area contributed by atoms with Gasteiger partial charge in [0.2, 0.25) is 5.88 Å². The average molecular weight is 414 g/mol. The first-order chi connectivity index (χ1) is 14.3. The van der Waals surface area contributed by atoms with E-state index >= 15 is 4.39 Å². The zero-order chi connectivity index (χ0) is 22.0. The molecule has 0 bridgehead atoms. The molecule has 0 saturated heterocycles. The number of nitrogens with two attached hydrogens (primary N) is 1. The van der Waals surface area contributed by atoms with Crippen molar-refractivity contribution in [2.45, 2.75) is 26.9 Å². The summed E-state index contributed by atoms with van der Waals surface area (Å²) in [5.74, 6) is -2.64. The van der Waals surface area contributed by atoms with E-state index in [2.05, 4.69) is 4.98 Å². The molecule has 30 heavy (non-hydrogen) atoms. The zero-order valence-corrected chi connectivity index (χ0v) is 16.7. The maximum Gasteiger partial charge on any atom is 0.405 e. The van der Waals surface area contributed by atoms with Gasteiger partial charge in [0, 0.05) is 22.7 Å².